The van der Waals surface area contributed by atoms with Crippen molar-refractivity contribution in [3.05, 3.63) is 48.4 Å². The molecule has 0 aromatic rings. The molecule has 0 aliphatic heterocycles. The molecule has 16 heavy (non-hydrogen) atoms. The molecule has 0 heterocycles. The standard InChI is InChI=1S/C15H25N/c1-7-8-9-10-15(5)16(6)12-14(4)11-13(2)3/h7-10,12-13H,5,11H2,1-4,6H3/b8-7-,10-9-,14-12+. The van der Waals surface area contributed by atoms with Crippen LogP contribution in [0.15, 0.2) is 48.4 Å². The summed E-state index contributed by atoms with van der Waals surface area (Å²) >= 11 is 0. The van der Waals surface area contributed by atoms with Gasteiger partial charge in [-0.15, -0.1) is 0 Å². The third kappa shape index (κ3) is 7.10. The molecule has 0 N–H and O–H groups in total. The third-order valence-electron chi connectivity index (χ3n) is 2.19. The summed E-state index contributed by atoms with van der Waals surface area (Å²) < 4.78 is 0. The van der Waals surface area contributed by atoms with E-state index in [2.05, 4.69) is 38.5 Å². The first-order valence-corrected chi connectivity index (χ1v) is 5.85. The van der Waals surface area contributed by atoms with Crippen LogP contribution in [-0.2, 0) is 0 Å². The van der Waals surface area contributed by atoms with Crippen LogP contribution in [0.5, 0.6) is 0 Å². The molecule has 0 spiro atoms. The molecule has 0 radical (unpaired) electrons. The average Bonchev–Trinajstić information content (AvgIpc) is 2.16. The van der Waals surface area contributed by atoms with Gasteiger partial charge in [-0.1, -0.05) is 44.2 Å². The lowest BCUT2D eigenvalue weighted by Gasteiger charge is -2.16. The van der Waals surface area contributed by atoms with Crippen LogP contribution in [0.2, 0.25) is 0 Å². The van der Waals surface area contributed by atoms with Crippen molar-refractivity contribution >= 4 is 0 Å². The summed E-state index contributed by atoms with van der Waals surface area (Å²) in [5.41, 5.74) is 2.39. The zero-order valence-corrected chi connectivity index (χ0v) is 11.3. The summed E-state index contributed by atoms with van der Waals surface area (Å²) in [5, 5.41) is 0. The van der Waals surface area contributed by atoms with Crippen LogP contribution >= 0.6 is 0 Å². The largest absolute Gasteiger partial charge is 0.352 e. The van der Waals surface area contributed by atoms with E-state index in [0.29, 0.717) is 5.92 Å². The number of allylic oxidation sites excluding steroid dienone is 5. The van der Waals surface area contributed by atoms with Gasteiger partial charge in [-0.2, -0.15) is 0 Å². The minimum absolute atomic E-state index is 0.705. The maximum atomic E-state index is 4.02. The van der Waals surface area contributed by atoms with Crippen LogP contribution in [0.1, 0.15) is 34.1 Å². The Bertz CT molecular complexity index is 293. The highest BCUT2D eigenvalue weighted by Crippen LogP contribution is 2.12. The molecule has 0 saturated carbocycles. The Labute approximate surface area is 101 Å². The minimum Gasteiger partial charge on any atom is -0.352 e. The molecule has 1 heteroatoms. The van der Waals surface area contributed by atoms with Gasteiger partial charge in [0.25, 0.3) is 0 Å². The van der Waals surface area contributed by atoms with Gasteiger partial charge in [0.15, 0.2) is 0 Å². The maximum Gasteiger partial charge on any atom is 0.0330 e. The van der Waals surface area contributed by atoms with Gasteiger partial charge in [0.05, 0.1) is 0 Å². The van der Waals surface area contributed by atoms with E-state index < -0.39 is 0 Å². The predicted molar refractivity (Wildman–Crippen MR) is 74.1 cm³/mol. The van der Waals surface area contributed by atoms with Crippen molar-refractivity contribution in [3.63, 3.8) is 0 Å². The molecule has 90 valence electrons. The highest BCUT2D eigenvalue weighted by molar-refractivity contribution is 5.20. The fourth-order valence-electron chi connectivity index (χ4n) is 1.51. The first kappa shape index (κ1) is 14.8. The Morgan fingerprint density at radius 1 is 1.31 bits per heavy atom. The molecule has 0 rings (SSSR count). The van der Waals surface area contributed by atoms with Gasteiger partial charge in [0.2, 0.25) is 0 Å². The zero-order chi connectivity index (χ0) is 12.6. The fraction of sp³-hybridized carbons (Fsp3) is 0.467. The smallest absolute Gasteiger partial charge is 0.0330 e. The maximum absolute atomic E-state index is 4.02. The molecule has 0 aromatic heterocycles. The highest BCUT2D eigenvalue weighted by atomic mass is 15.1. The van der Waals surface area contributed by atoms with Crippen molar-refractivity contribution in [2.75, 3.05) is 7.05 Å². The van der Waals surface area contributed by atoms with Crippen molar-refractivity contribution in [1.29, 1.82) is 0 Å². The van der Waals surface area contributed by atoms with E-state index in [1.165, 1.54) is 5.57 Å². The first-order valence-electron chi connectivity index (χ1n) is 5.85. The Morgan fingerprint density at radius 2 is 1.94 bits per heavy atom. The van der Waals surface area contributed by atoms with Crippen LogP contribution in [0.25, 0.3) is 0 Å². The molecule has 0 unspecified atom stereocenters. The zero-order valence-electron chi connectivity index (χ0n) is 11.3. The molecular formula is C15H25N. The van der Waals surface area contributed by atoms with E-state index in [1.54, 1.807) is 0 Å². The van der Waals surface area contributed by atoms with E-state index in [1.807, 2.05) is 38.3 Å². The van der Waals surface area contributed by atoms with Crippen molar-refractivity contribution in [2.24, 2.45) is 5.92 Å². The van der Waals surface area contributed by atoms with Crippen LogP contribution in [-0.4, -0.2) is 11.9 Å². The summed E-state index contributed by atoms with van der Waals surface area (Å²) in [7, 11) is 2.03. The quantitative estimate of drug-likeness (QED) is 0.594. The van der Waals surface area contributed by atoms with Gasteiger partial charge >= 0.3 is 0 Å². The number of hydrogen-bond acceptors (Lipinski definition) is 1. The summed E-state index contributed by atoms with van der Waals surface area (Å²) in [6, 6.07) is 0. The van der Waals surface area contributed by atoms with Gasteiger partial charge in [-0.05, 0) is 32.3 Å². The molecule has 0 amide bonds. The minimum atomic E-state index is 0.705. The van der Waals surface area contributed by atoms with Gasteiger partial charge in [-0.3, -0.25) is 0 Å². The van der Waals surface area contributed by atoms with E-state index in [0.717, 1.165) is 12.1 Å². The van der Waals surface area contributed by atoms with Gasteiger partial charge in [0.1, 0.15) is 0 Å². The number of likely N-dealkylation sites (N-methyl/N-ethyl adjacent to an activating group) is 1. The van der Waals surface area contributed by atoms with Gasteiger partial charge in [-0.25, -0.2) is 0 Å². The summed E-state index contributed by atoms with van der Waals surface area (Å²) in [5.74, 6) is 0.705. The molecule has 0 atom stereocenters. The Hall–Kier alpha value is -1.24. The lowest BCUT2D eigenvalue weighted by molar-refractivity contribution is 0.566. The molecule has 0 aliphatic rings. The number of nitrogens with zero attached hydrogens (tertiary/aromatic N) is 1. The van der Waals surface area contributed by atoms with Crippen LogP contribution in [0.3, 0.4) is 0 Å². The molecular weight excluding hydrogens is 194 g/mol. The molecule has 0 bridgehead atoms. The Kier molecular flexibility index (Phi) is 7.36. The summed E-state index contributed by atoms with van der Waals surface area (Å²) in [4.78, 5) is 2.07. The fourth-order valence-corrected chi connectivity index (χ4v) is 1.51. The molecule has 0 aliphatic carbocycles. The summed E-state index contributed by atoms with van der Waals surface area (Å²) in [6.07, 6.45) is 11.3. The second kappa shape index (κ2) is 7.98. The van der Waals surface area contributed by atoms with E-state index in [4.69, 9.17) is 0 Å². The lowest BCUT2D eigenvalue weighted by atomic mass is 10.1. The van der Waals surface area contributed by atoms with E-state index in [-0.39, 0.29) is 0 Å². The van der Waals surface area contributed by atoms with Crippen molar-refractivity contribution in [2.45, 2.75) is 34.1 Å². The van der Waals surface area contributed by atoms with E-state index >= 15 is 0 Å². The molecule has 0 saturated heterocycles. The number of hydrogen-bond donors (Lipinski definition) is 0. The van der Waals surface area contributed by atoms with Crippen LogP contribution in [0.4, 0.5) is 0 Å². The van der Waals surface area contributed by atoms with E-state index in [9.17, 15) is 0 Å². The third-order valence-corrected chi connectivity index (χ3v) is 2.19. The summed E-state index contributed by atoms with van der Waals surface area (Å²) in [6.45, 7) is 12.7. The van der Waals surface area contributed by atoms with Gasteiger partial charge < -0.3 is 4.90 Å². The lowest BCUT2D eigenvalue weighted by Crippen LogP contribution is -2.08. The number of rotatable bonds is 6. The van der Waals surface area contributed by atoms with Crippen LogP contribution in [0, 0.1) is 5.92 Å². The normalized spacial score (nSPS) is 13.0. The highest BCUT2D eigenvalue weighted by Gasteiger charge is 1.98. The van der Waals surface area contributed by atoms with Crippen LogP contribution < -0.4 is 0 Å². The Morgan fingerprint density at radius 3 is 2.44 bits per heavy atom. The van der Waals surface area contributed by atoms with Gasteiger partial charge in [0, 0.05) is 18.9 Å². The second-order valence-corrected chi connectivity index (χ2v) is 4.56. The topological polar surface area (TPSA) is 3.24 Å². The predicted octanol–water partition coefficient (Wildman–Crippen LogP) is 4.51. The van der Waals surface area contributed by atoms with Crippen molar-refractivity contribution in [1.82, 2.24) is 4.90 Å². The second-order valence-electron chi connectivity index (χ2n) is 4.56. The molecule has 1 nitrogen and oxygen atoms in total. The average molecular weight is 219 g/mol. The molecule has 0 fully saturated rings. The first-order chi connectivity index (χ1) is 7.47. The Balaban J connectivity index is 4.33. The SMILES string of the molecule is C=C(/C=C\C=C/C)N(C)/C=C(\C)CC(C)C. The van der Waals surface area contributed by atoms with Crippen molar-refractivity contribution in [3.8, 4) is 0 Å². The molecule has 0 aromatic carbocycles. The van der Waals surface area contributed by atoms with Crippen molar-refractivity contribution < 1.29 is 0 Å². The monoisotopic (exact) mass is 219 g/mol.